The van der Waals surface area contributed by atoms with Crippen LogP contribution < -0.4 is 19.7 Å². The molecule has 1 fully saturated rings. The van der Waals surface area contributed by atoms with Crippen molar-refractivity contribution in [3.8, 4) is 11.5 Å². The van der Waals surface area contributed by atoms with Gasteiger partial charge in [0, 0.05) is 36.2 Å². The molecule has 5 rings (SSSR count). The number of sulfonamides is 1. The zero-order valence-corrected chi connectivity index (χ0v) is 23.0. The molecule has 0 bridgehead atoms. The second-order valence-corrected chi connectivity index (χ2v) is 12.3. The molecule has 0 saturated carbocycles. The molecule has 3 heterocycles. The van der Waals surface area contributed by atoms with Crippen LogP contribution in [-0.2, 0) is 26.0 Å². The molecule has 2 aromatic carbocycles. The summed E-state index contributed by atoms with van der Waals surface area (Å²) in [6.45, 7) is 3.37. The van der Waals surface area contributed by atoms with E-state index in [0.29, 0.717) is 67.0 Å². The Bertz CT molecular complexity index is 1320. The Kier molecular flexibility index (Phi) is 7.46. The van der Waals surface area contributed by atoms with Crippen LogP contribution in [0, 0.1) is 5.92 Å². The maximum Gasteiger partial charge on any atom is 0.244 e. The predicted octanol–water partition coefficient (Wildman–Crippen LogP) is 3.11. The lowest BCUT2D eigenvalue weighted by molar-refractivity contribution is -0.126. The third kappa shape index (κ3) is 5.21. The first kappa shape index (κ1) is 26.0. The fourth-order valence-corrected chi connectivity index (χ4v) is 7.67. The van der Waals surface area contributed by atoms with E-state index in [4.69, 9.17) is 9.47 Å². The number of anilines is 1. The van der Waals surface area contributed by atoms with Crippen LogP contribution in [0.5, 0.6) is 11.5 Å². The lowest BCUT2D eigenvalue weighted by Crippen LogP contribution is -2.48. The van der Waals surface area contributed by atoms with Gasteiger partial charge < -0.3 is 19.7 Å². The van der Waals surface area contributed by atoms with Gasteiger partial charge in [0.25, 0.3) is 0 Å². The zero-order valence-electron chi connectivity index (χ0n) is 20.6. The summed E-state index contributed by atoms with van der Waals surface area (Å²) in [6, 6.07) is 10.8. The van der Waals surface area contributed by atoms with Crippen molar-refractivity contribution in [1.29, 1.82) is 0 Å². The third-order valence-electron chi connectivity index (χ3n) is 7.08. The standard InChI is InChI=1S/C26H30BrN3O6S/c1-2-25(31)30-11-9-17-12-20(27)24(13-21(17)30)37(33,34)29-10-5-6-18(15-29)26(32)28-14-19-16-35-22-7-3-4-8-23(22)36-19/h3-4,7-8,12-13,18-19H,2,5-6,9-11,14-16H2,1H3,(H,28,32)/t18-,19-/m0/s1. The minimum atomic E-state index is -3.88. The van der Waals surface area contributed by atoms with Crippen molar-refractivity contribution >= 4 is 43.5 Å². The second kappa shape index (κ2) is 10.6. The number of piperidine rings is 1. The number of ether oxygens (including phenoxy) is 2. The molecule has 2 amide bonds. The summed E-state index contributed by atoms with van der Waals surface area (Å²) in [6.07, 6.45) is 1.90. The summed E-state index contributed by atoms with van der Waals surface area (Å²) in [5, 5.41) is 2.92. The van der Waals surface area contributed by atoms with Crippen LogP contribution in [0.3, 0.4) is 0 Å². The molecule has 0 spiro atoms. The number of para-hydroxylation sites is 2. The molecule has 0 aromatic heterocycles. The van der Waals surface area contributed by atoms with Gasteiger partial charge in [-0.3, -0.25) is 9.59 Å². The largest absolute Gasteiger partial charge is 0.486 e. The molecule has 3 aliphatic rings. The number of nitrogens with one attached hydrogen (secondary N) is 1. The molecule has 3 aliphatic heterocycles. The van der Waals surface area contributed by atoms with Gasteiger partial charge in [0.15, 0.2) is 11.5 Å². The van der Waals surface area contributed by atoms with Gasteiger partial charge in [-0.2, -0.15) is 4.31 Å². The number of benzene rings is 2. The quantitative estimate of drug-likeness (QED) is 0.553. The Labute approximate surface area is 225 Å². The van der Waals surface area contributed by atoms with E-state index in [2.05, 4.69) is 21.2 Å². The molecule has 9 nitrogen and oxygen atoms in total. The Hall–Kier alpha value is -2.63. The van der Waals surface area contributed by atoms with E-state index in [1.165, 1.54) is 4.31 Å². The van der Waals surface area contributed by atoms with E-state index in [1.807, 2.05) is 24.3 Å². The van der Waals surface area contributed by atoms with Gasteiger partial charge in [-0.15, -0.1) is 0 Å². The van der Waals surface area contributed by atoms with E-state index in [0.717, 1.165) is 5.56 Å². The van der Waals surface area contributed by atoms with E-state index < -0.39 is 15.9 Å². The molecule has 11 heteroatoms. The summed E-state index contributed by atoms with van der Waals surface area (Å²) >= 11 is 3.44. The summed E-state index contributed by atoms with van der Waals surface area (Å²) in [4.78, 5) is 27.1. The third-order valence-corrected chi connectivity index (χ3v) is 9.90. The second-order valence-electron chi connectivity index (χ2n) is 9.51. The highest BCUT2D eigenvalue weighted by Crippen LogP contribution is 2.37. The number of carbonyl (C=O) groups is 2. The van der Waals surface area contributed by atoms with Crippen molar-refractivity contribution in [2.75, 3.05) is 37.7 Å². The summed E-state index contributed by atoms with van der Waals surface area (Å²) in [7, 11) is -3.88. The Morgan fingerprint density at radius 3 is 2.73 bits per heavy atom. The van der Waals surface area contributed by atoms with Crippen LogP contribution in [0.15, 0.2) is 45.8 Å². The summed E-state index contributed by atoms with van der Waals surface area (Å²) in [5.41, 5.74) is 1.59. The number of amides is 2. The molecule has 198 valence electrons. The minimum Gasteiger partial charge on any atom is -0.486 e. The molecule has 0 unspecified atom stereocenters. The van der Waals surface area contributed by atoms with Crippen molar-refractivity contribution in [2.45, 2.75) is 43.6 Å². The van der Waals surface area contributed by atoms with Gasteiger partial charge in [0.1, 0.15) is 12.7 Å². The van der Waals surface area contributed by atoms with Crippen LogP contribution in [0.2, 0.25) is 0 Å². The number of rotatable bonds is 6. The lowest BCUT2D eigenvalue weighted by atomic mass is 9.99. The van der Waals surface area contributed by atoms with Crippen molar-refractivity contribution < 1.29 is 27.5 Å². The fourth-order valence-electron chi connectivity index (χ4n) is 5.07. The molecule has 1 N–H and O–H groups in total. The van der Waals surface area contributed by atoms with Gasteiger partial charge in [-0.1, -0.05) is 19.1 Å². The van der Waals surface area contributed by atoms with Crippen molar-refractivity contribution in [3.05, 3.63) is 46.4 Å². The van der Waals surface area contributed by atoms with Crippen LogP contribution >= 0.6 is 15.9 Å². The van der Waals surface area contributed by atoms with Gasteiger partial charge in [-0.05, 0) is 65.0 Å². The summed E-state index contributed by atoms with van der Waals surface area (Å²) in [5.74, 6) is 0.622. The highest BCUT2D eigenvalue weighted by molar-refractivity contribution is 9.10. The number of hydrogen-bond donors (Lipinski definition) is 1. The van der Waals surface area contributed by atoms with E-state index in [9.17, 15) is 18.0 Å². The highest BCUT2D eigenvalue weighted by atomic mass is 79.9. The van der Waals surface area contributed by atoms with Crippen LogP contribution in [0.1, 0.15) is 31.7 Å². The molecule has 0 aliphatic carbocycles. The zero-order chi connectivity index (χ0) is 26.2. The topological polar surface area (TPSA) is 105 Å². The number of hydrogen-bond acceptors (Lipinski definition) is 6. The van der Waals surface area contributed by atoms with Gasteiger partial charge in [0.05, 0.1) is 17.4 Å². The van der Waals surface area contributed by atoms with Gasteiger partial charge in [0.2, 0.25) is 21.8 Å². The van der Waals surface area contributed by atoms with E-state index in [-0.39, 0.29) is 35.9 Å². The fraction of sp³-hybridized carbons (Fsp3) is 0.462. The first-order chi connectivity index (χ1) is 17.8. The number of halogens is 1. The van der Waals surface area contributed by atoms with Crippen molar-refractivity contribution in [3.63, 3.8) is 0 Å². The SMILES string of the molecule is CCC(=O)N1CCc2cc(Br)c(S(=O)(=O)N3CCC[C@H](C(=O)NC[C@H]4COc5ccccc5O4)C3)cc21. The van der Waals surface area contributed by atoms with Gasteiger partial charge in [-0.25, -0.2) is 8.42 Å². The molecule has 37 heavy (non-hydrogen) atoms. The lowest BCUT2D eigenvalue weighted by Gasteiger charge is -2.32. The Morgan fingerprint density at radius 1 is 1.16 bits per heavy atom. The Morgan fingerprint density at radius 2 is 1.95 bits per heavy atom. The monoisotopic (exact) mass is 591 g/mol. The van der Waals surface area contributed by atoms with Crippen LogP contribution in [0.4, 0.5) is 5.69 Å². The maximum atomic E-state index is 13.7. The van der Waals surface area contributed by atoms with E-state index in [1.54, 1.807) is 24.0 Å². The molecular weight excluding hydrogens is 562 g/mol. The number of nitrogens with zero attached hydrogens (tertiary/aromatic N) is 2. The van der Waals surface area contributed by atoms with Crippen LogP contribution in [0.25, 0.3) is 0 Å². The van der Waals surface area contributed by atoms with Gasteiger partial charge >= 0.3 is 0 Å². The smallest absolute Gasteiger partial charge is 0.244 e. The average Bonchev–Trinajstić information content (AvgIpc) is 3.33. The minimum absolute atomic E-state index is 0.0324. The molecule has 0 radical (unpaired) electrons. The van der Waals surface area contributed by atoms with Crippen molar-refractivity contribution in [1.82, 2.24) is 9.62 Å². The van der Waals surface area contributed by atoms with Crippen LogP contribution in [-0.4, -0.2) is 63.4 Å². The number of carbonyl (C=O) groups excluding carboxylic acids is 2. The predicted molar refractivity (Wildman–Crippen MR) is 141 cm³/mol. The Balaban J connectivity index is 1.25. The van der Waals surface area contributed by atoms with Crippen molar-refractivity contribution in [2.24, 2.45) is 5.92 Å². The maximum absolute atomic E-state index is 13.7. The molecule has 2 atom stereocenters. The summed E-state index contributed by atoms with van der Waals surface area (Å²) < 4.78 is 40.8. The first-order valence-electron chi connectivity index (χ1n) is 12.6. The normalized spacial score (nSPS) is 21.4. The molecular formula is C26H30BrN3O6S. The highest BCUT2D eigenvalue weighted by Gasteiger charge is 2.36. The average molecular weight is 593 g/mol. The number of fused-ring (bicyclic) bond motifs is 2. The van der Waals surface area contributed by atoms with E-state index >= 15 is 0 Å². The molecule has 1 saturated heterocycles. The first-order valence-corrected chi connectivity index (χ1v) is 14.8. The molecule has 2 aromatic rings.